The molecular weight excluding hydrogens is 152 g/mol. The fourth-order valence-corrected chi connectivity index (χ4v) is 0.673. The van der Waals surface area contributed by atoms with Crippen LogP contribution in [0, 0.1) is 0 Å². The Kier molecular flexibility index (Phi) is 4.53. The second-order valence-corrected chi connectivity index (χ2v) is 2.26. The van der Waals surface area contributed by atoms with Crippen LogP contribution in [-0.2, 0) is 0 Å². The van der Waals surface area contributed by atoms with Gasteiger partial charge in [-0.3, -0.25) is 0 Å². The summed E-state index contributed by atoms with van der Waals surface area (Å²) in [6.07, 6.45) is 0. The Morgan fingerprint density at radius 3 is 2.22 bits per heavy atom. The van der Waals surface area contributed by atoms with Crippen LogP contribution in [0.1, 0.15) is 6.92 Å². The molecule has 0 fully saturated rings. The van der Waals surface area contributed by atoms with Crippen LogP contribution in [0.2, 0.25) is 0 Å². The minimum absolute atomic E-state index is 0.604. The molecule has 0 amide bonds. The van der Waals surface area contributed by atoms with Crippen molar-refractivity contribution >= 4 is 34.4 Å². The zero-order chi connectivity index (χ0) is 7.28. The predicted octanol–water partition coefficient (Wildman–Crippen LogP) is 0.470. The SMILES string of the molecule is CCNC(=S)C(=S)NC. The van der Waals surface area contributed by atoms with E-state index in [9.17, 15) is 0 Å². The Bertz CT molecular complexity index is 122. The van der Waals surface area contributed by atoms with Crippen LogP contribution in [0.4, 0.5) is 0 Å². The third-order valence-electron chi connectivity index (χ3n) is 0.771. The summed E-state index contributed by atoms with van der Waals surface area (Å²) >= 11 is 9.69. The average Bonchev–Trinajstić information content (AvgIpc) is 1.87. The summed E-state index contributed by atoms with van der Waals surface area (Å²) < 4.78 is 0. The summed E-state index contributed by atoms with van der Waals surface area (Å²) in [5.41, 5.74) is 0. The van der Waals surface area contributed by atoms with Crippen molar-refractivity contribution in [3.63, 3.8) is 0 Å². The molecule has 0 spiro atoms. The zero-order valence-corrected chi connectivity index (χ0v) is 7.16. The smallest absolute Gasteiger partial charge is 0.134 e. The zero-order valence-electron chi connectivity index (χ0n) is 5.52. The van der Waals surface area contributed by atoms with Gasteiger partial charge < -0.3 is 10.6 Å². The molecule has 4 heteroatoms. The van der Waals surface area contributed by atoms with Gasteiger partial charge in [0.1, 0.15) is 9.98 Å². The molecule has 9 heavy (non-hydrogen) atoms. The van der Waals surface area contributed by atoms with Crippen molar-refractivity contribution in [3.8, 4) is 0 Å². The lowest BCUT2D eigenvalue weighted by atomic mass is 10.6. The molecule has 0 aliphatic heterocycles. The van der Waals surface area contributed by atoms with Gasteiger partial charge in [-0.1, -0.05) is 24.4 Å². The van der Waals surface area contributed by atoms with E-state index in [-0.39, 0.29) is 0 Å². The summed E-state index contributed by atoms with van der Waals surface area (Å²) in [6, 6.07) is 0. The molecule has 0 aromatic rings. The molecule has 0 heterocycles. The highest BCUT2D eigenvalue weighted by Gasteiger charge is 1.96. The topological polar surface area (TPSA) is 24.1 Å². The van der Waals surface area contributed by atoms with Crippen molar-refractivity contribution in [1.82, 2.24) is 10.6 Å². The molecule has 0 aliphatic carbocycles. The number of hydrogen-bond donors (Lipinski definition) is 2. The average molecular weight is 162 g/mol. The Balaban J connectivity index is 3.60. The lowest BCUT2D eigenvalue weighted by Crippen LogP contribution is -2.34. The second kappa shape index (κ2) is 4.64. The van der Waals surface area contributed by atoms with Gasteiger partial charge in [0, 0.05) is 13.6 Å². The summed E-state index contributed by atoms with van der Waals surface area (Å²) in [5, 5.41) is 5.70. The fourth-order valence-electron chi connectivity index (χ4n) is 0.354. The van der Waals surface area contributed by atoms with Crippen molar-refractivity contribution in [2.24, 2.45) is 0 Å². The first kappa shape index (κ1) is 8.78. The normalized spacial score (nSPS) is 8.22. The Labute approximate surface area is 66.0 Å². The van der Waals surface area contributed by atoms with Gasteiger partial charge >= 0.3 is 0 Å². The van der Waals surface area contributed by atoms with E-state index in [4.69, 9.17) is 24.4 Å². The van der Waals surface area contributed by atoms with Gasteiger partial charge in [0.25, 0.3) is 0 Å². The molecule has 0 aromatic heterocycles. The second-order valence-electron chi connectivity index (χ2n) is 1.44. The van der Waals surface area contributed by atoms with Crippen LogP contribution in [0.3, 0.4) is 0 Å². The lowest BCUT2D eigenvalue weighted by molar-refractivity contribution is 0.987. The highest BCUT2D eigenvalue weighted by Crippen LogP contribution is 1.74. The third kappa shape index (κ3) is 3.37. The molecule has 0 saturated carbocycles. The summed E-state index contributed by atoms with van der Waals surface area (Å²) in [5.74, 6) is 0. The van der Waals surface area contributed by atoms with E-state index >= 15 is 0 Å². The standard InChI is InChI=1S/C5H10N2S2/c1-3-7-5(9)4(8)6-2/h3H2,1-2H3,(H,6,8)(H,7,9). The summed E-state index contributed by atoms with van der Waals surface area (Å²) in [4.78, 5) is 1.22. The first-order valence-corrected chi connectivity index (χ1v) is 3.54. The maximum atomic E-state index is 4.86. The van der Waals surface area contributed by atoms with Crippen molar-refractivity contribution in [2.45, 2.75) is 6.92 Å². The van der Waals surface area contributed by atoms with Gasteiger partial charge in [-0.05, 0) is 6.92 Å². The monoisotopic (exact) mass is 162 g/mol. The predicted molar refractivity (Wildman–Crippen MR) is 47.9 cm³/mol. The van der Waals surface area contributed by atoms with Crippen molar-refractivity contribution in [3.05, 3.63) is 0 Å². The van der Waals surface area contributed by atoms with Gasteiger partial charge in [0.2, 0.25) is 0 Å². The van der Waals surface area contributed by atoms with E-state index in [2.05, 4.69) is 10.6 Å². The highest BCUT2D eigenvalue weighted by molar-refractivity contribution is 7.89. The van der Waals surface area contributed by atoms with Crippen LogP contribution < -0.4 is 10.6 Å². The fraction of sp³-hybridized carbons (Fsp3) is 0.600. The van der Waals surface area contributed by atoms with Crippen LogP contribution in [0.25, 0.3) is 0 Å². The van der Waals surface area contributed by atoms with Crippen LogP contribution in [0.15, 0.2) is 0 Å². The largest absolute Gasteiger partial charge is 0.377 e. The maximum absolute atomic E-state index is 4.86. The molecule has 0 aromatic carbocycles. The van der Waals surface area contributed by atoms with Crippen molar-refractivity contribution in [1.29, 1.82) is 0 Å². The molecule has 2 N–H and O–H groups in total. The minimum atomic E-state index is 0.604. The number of nitrogens with one attached hydrogen (secondary N) is 2. The molecule has 0 saturated heterocycles. The van der Waals surface area contributed by atoms with Gasteiger partial charge in [0.05, 0.1) is 0 Å². The van der Waals surface area contributed by atoms with Crippen LogP contribution in [-0.4, -0.2) is 23.6 Å². The highest BCUT2D eigenvalue weighted by atomic mass is 32.1. The maximum Gasteiger partial charge on any atom is 0.134 e. The van der Waals surface area contributed by atoms with Crippen LogP contribution in [0.5, 0.6) is 0 Å². The molecule has 0 aliphatic rings. The Hall–Kier alpha value is -0.220. The van der Waals surface area contributed by atoms with Crippen molar-refractivity contribution in [2.75, 3.05) is 13.6 Å². The van der Waals surface area contributed by atoms with E-state index in [0.717, 1.165) is 6.54 Å². The lowest BCUT2D eigenvalue weighted by Gasteiger charge is -2.04. The molecular formula is C5H10N2S2. The van der Waals surface area contributed by atoms with Gasteiger partial charge in [-0.2, -0.15) is 0 Å². The number of likely N-dealkylation sites (N-methyl/N-ethyl adjacent to an activating group) is 2. The quantitative estimate of drug-likeness (QED) is 0.547. The minimum Gasteiger partial charge on any atom is -0.377 e. The third-order valence-corrected chi connectivity index (χ3v) is 1.66. The van der Waals surface area contributed by atoms with E-state index in [1.54, 1.807) is 7.05 Å². The summed E-state index contributed by atoms with van der Waals surface area (Å²) in [7, 11) is 1.76. The first-order chi connectivity index (χ1) is 4.22. The first-order valence-electron chi connectivity index (χ1n) is 2.72. The molecule has 52 valence electrons. The van der Waals surface area contributed by atoms with Gasteiger partial charge in [-0.25, -0.2) is 0 Å². The molecule has 0 bridgehead atoms. The van der Waals surface area contributed by atoms with E-state index in [1.807, 2.05) is 6.92 Å². The van der Waals surface area contributed by atoms with E-state index in [1.165, 1.54) is 0 Å². The van der Waals surface area contributed by atoms with Gasteiger partial charge in [0.15, 0.2) is 0 Å². The van der Waals surface area contributed by atoms with E-state index < -0.39 is 0 Å². The summed E-state index contributed by atoms with van der Waals surface area (Å²) in [6.45, 7) is 2.80. The number of thiocarbonyl (C=S) groups is 2. The molecule has 2 nitrogen and oxygen atoms in total. The molecule has 0 unspecified atom stereocenters. The van der Waals surface area contributed by atoms with Crippen LogP contribution >= 0.6 is 24.4 Å². The number of hydrogen-bond acceptors (Lipinski definition) is 2. The Morgan fingerprint density at radius 1 is 1.33 bits per heavy atom. The molecule has 0 radical (unpaired) electrons. The molecule has 0 rings (SSSR count). The van der Waals surface area contributed by atoms with Gasteiger partial charge in [-0.15, -0.1) is 0 Å². The Morgan fingerprint density at radius 2 is 1.89 bits per heavy atom. The number of rotatable bonds is 1. The molecule has 0 atom stereocenters. The van der Waals surface area contributed by atoms with E-state index in [0.29, 0.717) is 9.98 Å². The van der Waals surface area contributed by atoms with Crippen molar-refractivity contribution < 1.29 is 0 Å².